The summed E-state index contributed by atoms with van der Waals surface area (Å²) < 4.78 is 23.7. The molecule has 5 heteroatoms. The molecular weight excluding hydrogens is 248 g/mol. The molecule has 1 fully saturated rings. The van der Waals surface area contributed by atoms with Crippen molar-refractivity contribution in [1.29, 1.82) is 0 Å². The van der Waals surface area contributed by atoms with Crippen LogP contribution in [0.4, 0.5) is 0 Å². The predicted molar refractivity (Wildman–Crippen MR) is 76.4 cm³/mol. The smallest absolute Gasteiger partial charge is 0.153 e. The molecule has 0 aromatic rings. The molecule has 2 N–H and O–H groups in total. The lowest BCUT2D eigenvalue weighted by atomic mass is 9.87. The number of sulfone groups is 1. The van der Waals surface area contributed by atoms with Crippen LogP contribution in [0.5, 0.6) is 0 Å². The number of likely N-dealkylation sites (tertiary alicyclic amines) is 1. The molecule has 0 radical (unpaired) electrons. The number of piperidine rings is 1. The first-order valence-corrected chi connectivity index (χ1v) is 8.79. The van der Waals surface area contributed by atoms with E-state index in [0.29, 0.717) is 25.0 Å². The minimum absolute atomic E-state index is 0.262. The Labute approximate surface area is 112 Å². The van der Waals surface area contributed by atoms with Gasteiger partial charge in [-0.3, -0.25) is 4.90 Å². The fourth-order valence-electron chi connectivity index (χ4n) is 2.79. The van der Waals surface area contributed by atoms with Crippen LogP contribution in [0.25, 0.3) is 0 Å². The molecule has 2 unspecified atom stereocenters. The van der Waals surface area contributed by atoms with Gasteiger partial charge in [-0.25, -0.2) is 8.42 Å². The zero-order valence-corrected chi connectivity index (χ0v) is 12.7. The second kappa shape index (κ2) is 6.87. The van der Waals surface area contributed by atoms with Crippen molar-refractivity contribution in [3.05, 3.63) is 0 Å². The zero-order valence-electron chi connectivity index (χ0n) is 11.9. The van der Waals surface area contributed by atoms with Gasteiger partial charge in [0.2, 0.25) is 0 Å². The summed E-state index contributed by atoms with van der Waals surface area (Å²) in [6.45, 7) is 7.97. The highest BCUT2D eigenvalue weighted by Gasteiger charge is 2.30. The Morgan fingerprint density at radius 1 is 1.39 bits per heavy atom. The molecule has 0 spiro atoms. The van der Waals surface area contributed by atoms with Crippen LogP contribution < -0.4 is 5.73 Å². The first kappa shape index (κ1) is 15.9. The van der Waals surface area contributed by atoms with Crippen LogP contribution >= 0.6 is 0 Å². The average molecular weight is 276 g/mol. The summed E-state index contributed by atoms with van der Waals surface area (Å²) in [5, 5.41) is -0.277. The molecule has 4 nitrogen and oxygen atoms in total. The van der Waals surface area contributed by atoms with Gasteiger partial charge in [0.15, 0.2) is 9.84 Å². The normalized spacial score (nSPS) is 26.7. The highest BCUT2D eigenvalue weighted by molar-refractivity contribution is 7.92. The average Bonchev–Trinajstić information content (AvgIpc) is 2.35. The first-order valence-electron chi connectivity index (χ1n) is 7.08. The molecule has 108 valence electrons. The predicted octanol–water partition coefficient (Wildman–Crippen LogP) is 1.26. The summed E-state index contributed by atoms with van der Waals surface area (Å²) in [5.74, 6) is 0.892. The second-order valence-corrected chi connectivity index (χ2v) is 8.24. The van der Waals surface area contributed by atoms with Gasteiger partial charge in [0.25, 0.3) is 0 Å². The maximum atomic E-state index is 11.9. The highest BCUT2D eigenvalue weighted by atomic mass is 32.2. The van der Waals surface area contributed by atoms with Crippen molar-refractivity contribution in [2.75, 3.05) is 25.4 Å². The zero-order chi connectivity index (χ0) is 13.8. The number of rotatable bonds is 6. The molecule has 1 rings (SSSR count). The van der Waals surface area contributed by atoms with Crippen LogP contribution in [0, 0.1) is 5.92 Å². The van der Waals surface area contributed by atoms with E-state index >= 15 is 0 Å². The maximum absolute atomic E-state index is 11.9. The molecule has 0 aromatic carbocycles. The lowest BCUT2D eigenvalue weighted by molar-refractivity contribution is 0.102. The fraction of sp³-hybridized carbons (Fsp3) is 1.00. The van der Waals surface area contributed by atoms with E-state index in [9.17, 15) is 8.42 Å². The maximum Gasteiger partial charge on any atom is 0.153 e. The molecule has 0 aliphatic carbocycles. The summed E-state index contributed by atoms with van der Waals surface area (Å²) in [4.78, 5) is 2.29. The third-order valence-electron chi connectivity index (χ3n) is 4.18. The van der Waals surface area contributed by atoms with Crippen LogP contribution in [-0.4, -0.2) is 50.0 Å². The summed E-state index contributed by atoms with van der Waals surface area (Å²) in [7, 11) is -2.94. The summed E-state index contributed by atoms with van der Waals surface area (Å²) in [6.07, 6.45) is 3.53. The second-order valence-electron chi connectivity index (χ2n) is 5.57. The van der Waals surface area contributed by atoms with E-state index in [4.69, 9.17) is 5.73 Å². The van der Waals surface area contributed by atoms with Gasteiger partial charge in [0.1, 0.15) is 0 Å². The number of nitrogens with two attached hydrogens (primary N) is 1. The summed E-state index contributed by atoms with van der Waals surface area (Å²) in [6, 6.07) is 0.367. The van der Waals surface area contributed by atoms with Gasteiger partial charge < -0.3 is 5.73 Å². The van der Waals surface area contributed by atoms with E-state index in [0.717, 1.165) is 19.4 Å². The third-order valence-corrected chi connectivity index (χ3v) is 6.37. The van der Waals surface area contributed by atoms with E-state index in [1.54, 1.807) is 13.8 Å². The molecule has 0 amide bonds. The van der Waals surface area contributed by atoms with Crippen LogP contribution in [-0.2, 0) is 9.84 Å². The van der Waals surface area contributed by atoms with Crippen molar-refractivity contribution in [2.24, 2.45) is 11.7 Å². The van der Waals surface area contributed by atoms with Gasteiger partial charge in [0.05, 0.1) is 11.0 Å². The Hall–Kier alpha value is -0.130. The van der Waals surface area contributed by atoms with E-state index < -0.39 is 9.84 Å². The van der Waals surface area contributed by atoms with Gasteiger partial charge in [-0.1, -0.05) is 13.3 Å². The van der Waals surface area contributed by atoms with Crippen LogP contribution in [0.2, 0.25) is 0 Å². The Balaban J connectivity index is 2.60. The molecule has 0 saturated carbocycles. The lowest BCUT2D eigenvalue weighted by Crippen LogP contribution is -2.50. The van der Waals surface area contributed by atoms with Crippen LogP contribution in [0.1, 0.15) is 40.0 Å². The van der Waals surface area contributed by atoms with Crippen molar-refractivity contribution in [1.82, 2.24) is 4.90 Å². The standard InChI is InChI=1S/C13H28N2O2S/c1-4-12-6-5-7-15(13(12)10-14)8-9-18(16,17)11(2)3/h11-13H,4-10,14H2,1-3H3. The monoisotopic (exact) mass is 276 g/mol. The van der Waals surface area contributed by atoms with Crippen molar-refractivity contribution in [3.63, 3.8) is 0 Å². The Morgan fingerprint density at radius 2 is 2.06 bits per heavy atom. The molecule has 1 aliphatic heterocycles. The molecule has 18 heavy (non-hydrogen) atoms. The summed E-state index contributed by atoms with van der Waals surface area (Å²) >= 11 is 0. The van der Waals surface area contributed by atoms with Gasteiger partial charge >= 0.3 is 0 Å². The van der Waals surface area contributed by atoms with Crippen molar-refractivity contribution in [2.45, 2.75) is 51.3 Å². The quantitative estimate of drug-likeness (QED) is 0.793. The van der Waals surface area contributed by atoms with Crippen molar-refractivity contribution >= 4 is 9.84 Å². The Bertz CT molecular complexity index is 341. The SMILES string of the molecule is CCC1CCCN(CCS(=O)(=O)C(C)C)C1CN. The topological polar surface area (TPSA) is 63.4 Å². The van der Waals surface area contributed by atoms with Gasteiger partial charge in [-0.15, -0.1) is 0 Å². The fourth-order valence-corrected chi connectivity index (χ4v) is 3.75. The molecule has 1 aliphatic rings. The van der Waals surface area contributed by atoms with Crippen molar-refractivity contribution in [3.8, 4) is 0 Å². The Kier molecular flexibility index (Phi) is 6.08. The third kappa shape index (κ3) is 3.93. The number of nitrogens with zero attached hydrogens (tertiary/aromatic N) is 1. The lowest BCUT2D eigenvalue weighted by Gasteiger charge is -2.40. The summed E-state index contributed by atoms with van der Waals surface area (Å²) in [5.41, 5.74) is 5.87. The molecule has 1 saturated heterocycles. The first-order chi connectivity index (χ1) is 8.42. The van der Waals surface area contributed by atoms with Crippen LogP contribution in [0.15, 0.2) is 0 Å². The van der Waals surface area contributed by atoms with Gasteiger partial charge in [-0.05, 0) is 39.2 Å². The van der Waals surface area contributed by atoms with Gasteiger partial charge in [-0.2, -0.15) is 0 Å². The molecule has 0 bridgehead atoms. The van der Waals surface area contributed by atoms with Crippen molar-refractivity contribution < 1.29 is 8.42 Å². The molecular formula is C13H28N2O2S. The van der Waals surface area contributed by atoms with E-state index in [2.05, 4.69) is 11.8 Å². The molecule has 2 atom stereocenters. The van der Waals surface area contributed by atoms with Crippen LogP contribution in [0.3, 0.4) is 0 Å². The Morgan fingerprint density at radius 3 is 2.56 bits per heavy atom. The highest BCUT2D eigenvalue weighted by Crippen LogP contribution is 2.25. The number of hydrogen-bond donors (Lipinski definition) is 1. The molecule has 1 heterocycles. The minimum Gasteiger partial charge on any atom is -0.329 e. The van der Waals surface area contributed by atoms with E-state index in [-0.39, 0.29) is 11.0 Å². The minimum atomic E-state index is -2.94. The van der Waals surface area contributed by atoms with E-state index in [1.807, 2.05) is 0 Å². The molecule has 0 aromatic heterocycles. The van der Waals surface area contributed by atoms with E-state index in [1.165, 1.54) is 6.42 Å². The largest absolute Gasteiger partial charge is 0.329 e. The van der Waals surface area contributed by atoms with Gasteiger partial charge in [0, 0.05) is 19.1 Å². The number of hydrogen-bond acceptors (Lipinski definition) is 4.